The van der Waals surface area contributed by atoms with Crippen LogP contribution in [-0.2, 0) is 16.8 Å². The Kier molecular flexibility index (Phi) is 7.47. The number of amides is 1. The van der Waals surface area contributed by atoms with Crippen LogP contribution in [0.15, 0.2) is 59.1 Å². The topological polar surface area (TPSA) is 71.3 Å². The predicted molar refractivity (Wildman–Crippen MR) is 134 cm³/mol. The van der Waals surface area contributed by atoms with E-state index in [0.717, 1.165) is 37.9 Å². The lowest BCUT2D eigenvalue weighted by atomic mass is 9.79. The molecule has 1 fully saturated rings. The minimum atomic E-state index is 0.0126. The van der Waals surface area contributed by atoms with Crippen molar-refractivity contribution >= 4 is 5.91 Å². The van der Waals surface area contributed by atoms with Crippen molar-refractivity contribution in [2.24, 2.45) is 5.92 Å². The maximum absolute atomic E-state index is 12.9. The van der Waals surface area contributed by atoms with Crippen LogP contribution in [0.1, 0.15) is 57.1 Å². The zero-order chi connectivity index (χ0) is 24.1. The Hall–Kier alpha value is -2.99. The van der Waals surface area contributed by atoms with E-state index in [4.69, 9.17) is 4.52 Å². The molecule has 0 bridgehead atoms. The van der Waals surface area contributed by atoms with Crippen LogP contribution in [0.5, 0.6) is 0 Å². The SMILES string of the molecule is Cc1cccc(-c2noc(CN3CCC(C(=O)NC(C)CC(C)(C)c4ccccc4)CC3)n2)c1. The Balaban J connectivity index is 1.24. The van der Waals surface area contributed by atoms with Gasteiger partial charge in [0, 0.05) is 17.5 Å². The highest BCUT2D eigenvalue weighted by Crippen LogP contribution is 2.28. The fourth-order valence-corrected chi connectivity index (χ4v) is 4.95. The highest BCUT2D eigenvalue weighted by molar-refractivity contribution is 5.79. The number of nitrogens with zero attached hydrogens (tertiary/aromatic N) is 3. The fourth-order valence-electron chi connectivity index (χ4n) is 4.95. The maximum Gasteiger partial charge on any atom is 0.241 e. The molecule has 0 aliphatic carbocycles. The van der Waals surface area contributed by atoms with Crippen LogP contribution >= 0.6 is 0 Å². The summed E-state index contributed by atoms with van der Waals surface area (Å²) in [6.07, 6.45) is 2.60. The number of likely N-dealkylation sites (tertiary alicyclic amines) is 1. The molecule has 34 heavy (non-hydrogen) atoms. The number of aromatic nitrogens is 2. The van der Waals surface area contributed by atoms with Gasteiger partial charge in [0.05, 0.1) is 6.54 Å². The highest BCUT2D eigenvalue weighted by Gasteiger charge is 2.29. The Morgan fingerprint density at radius 3 is 2.59 bits per heavy atom. The van der Waals surface area contributed by atoms with Gasteiger partial charge in [-0.2, -0.15) is 4.98 Å². The first kappa shape index (κ1) is 24.1. The summed E-state index contributed by atoms with van der Waals surface area (Å²) < 4.78 is 5.49. The molecule has 0 radical (unpaired) electrons. The van der Waals surface area contributed by atoms with Gasteiger partial charge < -0.3 is 9.84 Å². The number of hydrogen-bond acceptors (Lipinski definition) is 5. The molecule has 6 nitrogen and oxygen atoms in total. The lowest BCUT2D eigenvalue weighted by Crippen LogP contribution is -2.44. The van der Waals surface area contributed by atoms with E-state index in [1.54, 1.807) is 0 Å². The molecular weight excluding hydrogens is 424 g/mol. The molecule has 180 valence electrons. The van der Waals surface area contributed by atoms with Crippen molar-refractivity contribution in [2.75, 3.05) is 13.1 Å². The molecule has 4 rings (SSSR count). The van der Waals surface area contributed by atoms with Gasteiger partial charge in [0.25, 0.3) is 0 Å². The second-order valence-corrected chi connectivity index (χ2v) is 10.3. The Morgan fingerprint density at radius 1 is 1.15 bits per heavy atom. The van der Waals surface area contributed by atoms with Crippen molar-refractivity contribution in [1.29, 1.82) is 0 Å². The zero-order valence-corrected chi connectivity index (χ0v) is 20.8. The van der Waals surface area contributed by atoms with Crippen LogP contribution < -0.4 is 5.32 Å². The first-order valence-electron chi connectivity index (χ1n) is 12.3. The smallest absolute Gasteiger partial charge is 0.241 e. The molecular formula is C28H36N4O2. The molecule has 2 aromatic carbocycles. The minimum absolute atomic E-state index is 0.0126. The quantitative estimate of drug-likeness (QED) is 0.505. The van der Waals surface area contributed by atoms with Gasteiger partial charge >= 0.3 is 0 Å². The lowest BCUT2D eigenvalue weighted by Gasteiger charge is -2.32. The first-order chi connectivity index (χ1) is 16.3. The normalized spacial score (nSPS) is 16.4. The van der Waals surface area contributed by atoms with E-state index < -0.39 is 0 Å². The third-order valence-electron chi connectivity index (χ3n) is 6.82. The highest BCUT2D eigenvalue weighted by atomic mass is 16.5. The predicted octanol–water partition coefficient (Wildman–Crippen LogP) is 5.13. The van der Waals surface area contributed by atoms with Gasteiger partial charge in [0.1, 0.15) is 0 Å². The third-order valence-corrected chi connectivity index (χ3v) is 6.82. The number of hydrogen-bond donors (Lipinski definition) is 1. The lowest BCUT2D eigenvalue weighted by molar-refractivity contribution is -0.127. The molecule has 1 aromatic heterocycles. The van der Waals surface area contributed by atoms with Crippen molar-refractivity contribution in [2.45, 2.75) is 65.0 Å². The molecule has 1 atom stereocenters. The van der Waals surface area contributed by atoms with Crippen LogP contribution in [-0.4, -0.2) is 40.1 Å². The number of aryl methyl sites for hydroxylation is 1. The van der Waals surface area contributed by atoms with Gasteiger partial charge in [0.2, 0.25) is 17.6 Å². The second kappa shape index (κ2) is 10.5. The molecule has 0 saturated carbocycles. The molecule has 0 spiro atoms. The summed E-state index contributed by atoms with van der Waals surface area (Å²) in [4.78, 5) is 19.8. The van der Waals surface area contributed by atoms with Crippen LogP contribution in [0.3, 0.4) is 0 Å². The maximum atomic E-state index is 12.9. The molecule has 3 aromatic rings. The first-order valence-corrected chi connectivity index (χ1v) is 12.3. The summed E-state index contributed by atoms with van der Waals surface area (Å²) in [5.41, 5.74) is 3.45. The van der Waals surface area contributed by atoms with E-state index in [1.165, 1.54) is 11.1 Å². The Labute approximate surface area is 202 Å². The number of piperidine rings is 1. The molecule has 1 amide bonds. The standard InChI is InChI=1S/C28H36N4O2/c1-20-9-8-10-23(17-20)26-30-25(34-31-26)19-32-15-13-22(14-16-32)27(33)29-21(2)18-28(3,4)24-11-6-5-7-12-24/h5-12,17,21-22H,13-16,18-19H2,1-4H3,(H,29,33). The summed E-state index contributed by atoms with van der Waals surface area (Å²) >= 11 is 0. The molecule has 2 heterocycles. The molecule has 6 heteroatoms. The molecule has 1 saturated heterocycles. The van der Waals surface area contributed by atoms with Gasteiger partial charge in [-0.15, -0.1) is 0 Å². The van der Waals surface area contributed by atoms with Crippen molar-refractivity contribution < 1.29 is 9.32 Å². The average Bonchev–Trinajstić information content (AvgIpc) is 3.28. The number of carbonyl (C=O) groups excluding carboxylic acids is 1. The Morgan fingerprint density at radius 2 is 1.88 bits per heavy atom. The second-order valence-electron chi connectivity index (χ2n) is 10.3. The zero-order valence-electron chi connectivity index (χ0n) is 20.8. The van der Waals surface area contributed by atoms with E-state index in [9.17, 15) is 4.79 Å². The summed E-state index contributed by atoms with van der Waals surface area (Å²) in [5, 5.41) is 7.41. The van der Waals surface area contributed by atoms with E-state index >= 15 is 0 Å². The van der Waals surface area contributed by atoms with Gasteiger partial charge in [-0.1, -0.05) is 73.1 Å². The number of nitrogens with one attached hydrogen (secondary N) is 1. The van der Waals surface area contributed by atoms with Crippen molar-refractivity contribution in [3.05, 3.63) is 71.6 Å². The van der Waals surface area contributed by atoms with Crippen LogP contribution in [0.25, 0.3) is 11.4 Å². The van der Waals surface area contributed by atoms with E-state index in [2.05, 4.69) is 84.5 Å². The average molecular weight is 461 g/mol. The Bertz CT molecular complexity index is 1080. The van der Waals surface area contributed by atoms with Crippen molar-refractivity contribution in [3.63, 3.8) is 0 Å². The molecule has 1 aliphatic heterocycles. The van der Waals surface area contributed by atoms with Crippen LogP contribution in [0.4, 0.5) is 0 Å². The fraction of sp³-hybridized carbons (Fsp3) is 0.464. The van der Waals surface area contributed by atoms with Crippen molar-refractivity contribution in [1.82, 2.24) is 20.4 Å². The largest absolute Gasteiger partial charge is 0.353 e. The summed E-state index contributed by atoms with van der Waals surface area (Å²) in [7, 11) is 0. The number of benzene rings is 2. The van der Waals surface area contributed by atoms with E-state index in [0.29, 0.717) is 18.3 Å². The summed E-state index contributed by atoms with van der Waals surface area (Å²) in [5.74, 6) is 1.48. The van der Waals surface area contributed by atoms with Gasteiger partial charge in [-0.25, -0.2) is 0 Å². The van der Waals surface area contributed by atoms with Crippen LogP contribution in [0.2, 0.25) is 0 Å². The van der Waals surface area contributed by atoms with Gasteiger partial charge in [-0.3, -0.25) is 9.69 Å². The van der Waals surface area contributed by atoms with Crippen molar-refractivity contribution in [3.8, 4) is 11.4 Å². The molecule has 1 unspecified atom stereocenters. The summed E-state index contributed by atoms with van der Waals surface area (Å²) in [6.45, 7) is 11.0. The molecule has 1 aliphatic rings. The van der Waals surface area contributed by atoms with Gasteiger partial charge in [-0.05, 0) is 63.2 Å². The number of carbonyl (C=O) groups is 1. The van der Waals surface area contributed by atoms with Crippen LogP contribution in [0, 0.1) is 12.8 Å². The third kappa shape index (κ3) is 6.11. The van der Waals surface area contributed by atoms with Gasteiger partial charge in [0.15, 0.2) is 0 Å². The monoisotopic (exact) mass is 460 g/mol. The number of rotatable bonds is 8. The molecule has 1 N–H and O–H groups in total. The van der Waals surface area contributed by atoms with E-state index in [1.807, 2.05) is 18.2 Å². The summed E-state index contributed by atoms with van der Waals surface area (Å²) in [6, 6.07) is 18.7. The van der Waals surface area contributed by atoms with E-state index in [-0.39, 0.29) is 23.3 Å². The minimum Gasteiger partial charge on any atom is -0.353 e.